The van der Waals surface area contributed by atoms with Crippen molar-refractivity contribution in [3.8, 4) is 11.5 Å². The summed E-state index contributed by atoms with van der Waals surface area (Å²) in [5.74, 6) is 0.268. The first-order valence-electron chi connectivity index (χ1n) is 8.75. The van der Waals surface area contributed by atoms with Gasteiger partial charge in [0.15, 0.2) is 11.5 Å². The van der Waals surface area contributed by atoms with Crippen LogP contribution in [0.25, 0.3) is 22.6 Å². The lowest BCUT2D eigenvalue weighted by Crippen LogP contribution is -2.43. The van der Waals surface area contributed by atoms with Crippen LogP contribution in [0.2, 0.25) is 0 Å². The highest BCUT2D eigenvalue weighted by Crippen LogP contribution is 2.20. The third-order valence-electron chi connectivity index (χ3n) is 4.83. The lowest BCUT2D eigenvalue weighted by atomic mass is 10.1. The summed E-state index contributed by atoms with van der Waals surface area (Å²) < 4.78 is 2.85. The molecule has 28 heavy (non-hydrogen) atoms. The fraction of sp³-hybridized carbons (Fsp3) is 0.444. The standard InChI is InChI=1S/C18H23N5O5/c1-9-4-11-12(5-10(9)2)23(6-13(25)16(27)14(26)7-24)18(28)15(20-11)17-21-19-8-22(17)3/h4-5,8,13-14,16,24-27H,6-7H2,1-3H3/t13-,14+,16-/m0/s1. The molecule has 0 amide bonds. The van der Waals surface area contributed by atoms with E-state index in [9.17, 15) is 20.1 Å². The van der Waals surface area contributed by atoms with Gasteiger partial charge in [-0.15, -0.1) is 10.2 Å². The molecule has 0 radical (unpaired) electrons. The van der Waals surface area contributed by atoms with Crippen LogP contribution < -0.4 is 5.56 Å². The summed E-state index contributed by atoms with van der Waals surface area (Å²) in [6.45, 7) is 2.79. The van der Waals surface area contributed by atoms with Crippen molar-refractivity contribution in [2.24, 2.45) is 7.05 Å². The summed E-state index contributed by atoms with van der Waals surface area (Å²) in [4.78, 5) is 17.6. The van der Waals surface area contributed by atoms with E-state index in [0.717, 1.165) is 11.1 Å². The Morgan fingerprint density at radius 2 is 1.79 bits per heavy atom. The van der Waals surface area contributed by atoms with Gasteiger partial charge in [0, 0.05) is 7.05 Å². The molecule has 1 aromatic carbocycles. The molecule has 3 atom stereocenters. The highest BCUT2D eigenvalue weighted by atomic mass is 16.4. The maximum atomic E-state index is 13.1. The predicted molar refractivity (Wildman–Crippen MR) is 101 cm³/mol. The first-order chi connectivity index (χ1) is 13.2. The molecule has 2 aromatic heterocycles. The Morgan fingerprint density at radius 3 is 2.39 bits per heavy atom. The Kier molecular flexibility index (Phi) is 5.57. The number of benzene rings is 1. The smallest absolute Gasteiger partial charge is 0.280 e. The molecule has 0 aliphatic carbocycles. The average molecular weight is 389 g/mol. The van der Waals surface area contributed by atoms with Gasteiger partial charge in [0.25, 0.3) is 5.56 Å². The Hall–Kier alpha value is -2.66. The molecule has 0 aliphatic heterocycles. The molecule has 0 bridgehead atoms. The molecule has 150 valence electrons. The number of aliphatic hydroxyl groups is 4. The van der Waals surface area contributed by atoms with Crippen molar-refractivity contribution in [3.63, 3.8) is 0 Å². The van der Waals surface area contributed by atoms with Gasteiger partial charge in [-0.3, -0.25) is 4.79 Å². The maximum Gasteiger partial charge on any atom is 0.280 e. The summed E-state index contributed by atoms with van der Waals surface area (Å²) in [6.07, 6.45) is -3.19. The van der Waals surface area contributed by atoms with Crippen LogP contribution in [0.4, 0.5) is 0 Å². The van der Waals surface area contributed by atoms with E-state index in [-0.39, 0.29) is 18.1 Å². The number of hydrogen-bond donors (Lipinski definition) is 4. The second kappa shape index (κ2) is 7.76. The van der Waals surface area contributed by atoms with Crippen molar-refractivity contribution < 1.29 is 20.4 Å². The molecular weight excluding hydrogens is 366 g/mol. The van der Waals surface area contributed by atoms with Gasteiger partial charge >= 0.3 is 0 Å². The molecule has 2 heterocycles. The van der Waals surface area contributed by atoms with Gasteiger partial charge in [-0.25, -0.2) is 4.98 Å². The van der Waals surface area contributed by atoms with E-state index in [0.29, 0.717) is 11.0 Å². The summed E-state index contributed by atoms with van der Waals surface area (Å²) in [5.41, 5.74) is 2.44. The lowest BCUT2D eigenvalue weighted by molar-refractivity contribution is -0.0805. The van der Waals surface area contributed by atoms with Crippen LogP contribution in [-0.4, -0.2) is 69.7 Å². The van der Waals surface area contributed by atoms with Crippen LogP contribution in [-0.2, 0) is 13.6 Å². The van der Waals surface area contributed by atoms with E-state index in [1.165, 1.54) is 10.9 Å². The van der Waals surface area contributed by atoms with Gasteiger partial charge in [0.05, 0.1) is 24.2 Å². The van der Waals surface area contributed by atoms with Crippen molar-refractivity contribution in [2.75, 3.05) is 6.61 Å². The number of aryl methyl sites for hydroxylation is 3. The molecule has 0 saturated carbocycles. The van der Waals surface area contributed by atoms with E-state index >= 15 is 0 Å². The van der Waals surface area contributed by atoms with Gasteiger partial charge in [-0.1, -0.05) is 0 Å². The number of aromatic nitrogens is 5. The average Bonchev–Trinajstić information content (AvgIpc) is 3.09. The molecule has 0 spiro atoms. The summed E-state index contributed by atoms with van der Waals surface area (Å²) in [5, 5.41) is 46.6. The van der Waals surface area contributed by atoms with Crippen LogP contribution in [0.3, 0.4) is 0 Å². The summed E-state index contributed by atoms with van der Waals surface area (Å²) in [7, 11) is 1.68. The zero-order chi connectivity index (χ0) is 20.6. The van der Waals surface area contributed by atoms with E-state index in [4.69, 9.17) is 5.11 Å². The normalized spacial score (nSPS) is 15.0. The third kappa shape index (κ3) is 3.54. The Labute approximate surface area is 160 Å². The van der Waals surface area contributed by atoms with E-state index in [1.54, 1.807) is 17.7 Å². The van der Waals surface area contributed by atoms with Crippen LogP contribution in [0.1, 0.15) is 11.1 Å². The molecule has 10 nitrogen and oxygen atoms in total. The van der Waals surface area contributed by atoms with Crippen LogP contribution in [0, 0.1) is 13.8 Å². The number of fused-ring (bicyclic) bond motifs is 1. The molecule has 0 unspecified atom stereocenters. The van der Waals surface area contributed by atoms with E-state index < -0.39 is 30.5 Å². The Morgan fingerprint density at radius 1 is 1.11 bits per heavy atom. The molecular formula is C18H23N5O5. The first-order valence-corrected chi connectivity index (χ1v) is 8.75. The number of aliphatic hydroxyl groups excluding tert-OH is 4. The summed E-state index contributed by atoms with van der Waals surface area (Å²) in [6, 6.07) is 3.60. The SMILES string of the molecule is Cc1cc2nc(-c3nncn3C)c(=O)n(C[C@H](O)[C@H](O)[C@H](O)CO)c2cc1C. The molecule has 3 rings (SSSR count). The monoisotopic (exact) mass is 389 g/mol. The minimum atomic E-state index is -1.62. The van der Waals surface area contributed by atoms with E-state index in [1.807, 2.05) is 19.9 Å². The molecule has 4 N–H and O–H groups in total. The van der Waals surface area contributed by atoms with Gasteiger partial charge < -0.3 is 29.6 Å². The first kappa shape index (κ1) is 20.1. The molecule has 0 saturated heterocycles. The molecule has 0 aliphatic rings. The van der Waals surface area contributed by atoms with Gasteiger partial charge in [-0.2, -0.15) is 0 Å². The molecule has 3 aromatic rings. The summed E-state index contributed by atoms with van der Waals surface area (Å²) >= 11 is 0. The fourth-order valence-corrected chi connectivity index (χ4v) is 2.98. The number of hydrogen-bond acceptors (Lipinski definition) is 8. The zero-order valence-electron chi connectivity index (χ0n) is 15.8. The quantitative estimate of drug-likeness (QED) is 0.415. The number of nitrogens with zero attached hydrogens (tertiary/aromatic N) is 5. The topological polar surface area (TPSA) is 147 Å². The van der Waals surface area contributed by atoms with Gasteiger partial charge in [-0.05, 0) is 37.1 Å². The van der Waals surface area contributed by atoms with Crippen molar-refractivity contribution in [1.82, 2.24) is 24.3 Å². The van der Waals surface area contributed by atoms with Crippen molar-refractivity contribution in [2.45, 2.75) is 38.7 Å². The minimum Gasteiger partial charge on any atom is -0.394 e. The minimum absolute atomic E-state index is 0.0557. The van der Waals surface area contributed by atoms with Crippen molar-refractivity contribution >= 4 is 11.0 Å². The maximum absolute atomic E-state index is 13.1. The fourth-order valence-electron chi connectivity index (χ4n) is 2.98. The second-order valence-corrected chi connectivity index (χ2v) is 6.87. The van der Waals surface area contributed by atoms with Gasteiger partial charge in [0.2, 0.25) is 0 Å². The predicted octanol–water partition coefficient (Wildman–Crippen LogP) is -1.12. The van der Waals surface area contributed by atoms with Crippen LogP contribution in [0.5, 0.6) is 0 Å². The zero-order valence-corrected chi connectivity index (χ0v) is 15.8. The van der Waals surface area contributed by atoms with Crippen molar-refractivity contribution in [1.29, 1.82) is 0 Å². The molecule has 0 fully saturated rings. The molecule has 10 heteroatoms. The highest BCUT2D eigenvalue weighted by molar-refractivity contribution is 5.79. The highest BCUT2D eigenvalue weighted by Gasteiger charge is 2.26. The third-order valence-corrected chi connectivity index (χ3v) is 4.83. The van der Waals surface area contributed by atoms with Crippen LogP contribution in [0.15, 0.2) is 23.3 Å². The largest absolute Gasteiger partial charge is 0.394 e. The number of rotatable bonds is 6. The second-order valence-electron chi connectivity index (χ2n) is 6.87. The van der Waals surface area contributed by atoms with Gasteiger partial charge in [0.1, 0.15) is 24.6 Å². The Bertz CT molecular complexity index is 1060. The Balaban J connectivity index is 2.21. The van der Waals surface area contributed by atoms with E-state index in [2.05, 4.69) is 15.2 Å². The van der Waals surface area contributed by atoms with Crippen LogP contribution >= 0.6 is 0 Å². The lowest BCUT2D eigenvalue weighted by Gasteiger charge is -2.23. The van der Waals surface area contributed by atoms with Crippen molar-refractivity contribution in [3.05, 3.63) is 39.9 Å².